The van der Waals surface area contributed by atoms with E-state index in [1.54, 1.807) is 0 Å². The lowest BCUT2D eigenvalue weighted by Gasteiger charge is -2.16. The summed E-state index contributed by atoms with van der Waals surface area (Å²) in [6.07, 6.45) is -0.644. The van der Waals surface area contributed by atoms with Gasteiger partial charge in [-0.2, -0.15) is 0 Å². The third kappa shape index (κ3) is 2.19. The molecule has 100 valence electrons. The highest BCUT2D eigenvalue weighted by atomic mass is 16.3. The first-order chi connectivity index (χ1) is 9.66. The molecule has 1 N–H and O–H groups in total. The Kier molecular flexibility index (Phi) is 3.25. The SMILES string of the molecule is Cc1ccc(C(O)c2cccc3ccccc23)c(C)n1. The van der Waals surface area contributed by atoms with E-state index in [1.807, 2.05) is 56.3 Å². The van der Waals surface area contributed by atoms with E-state index in [0.717, 1.165) is 33.3 Å². The minimum absolute atomic E-state index is 0.644. The number of fused-ring (bicyclic) bond motifs is 1. The quantitative estimate of drug-likeness (QED) is 0.760. The summed E-state index contributed by atoms with van der Waals surface area (Å²) >= 11 is 0. The lowest BCUT2D eigenvalue weighted by atomic mass is 9.95. The topological polar surface area (TPSA) is 33.1 Å². The molecule has 0 radical (unpaired) electrons. The third-order valence-electron chi connectivity index (χ3n) is 3.68. The van der Waals surface area contributed by atoms with Gasteiger partial charge in [0.15, 0.2) is 0 Å². The summed E-state index contributed by atoms with van der Waals surface area (Å²) in [5.41, 5.74) is 3.64. The van der Waals surface area contributed by atoms with Crippen molar-refractivity contribution in [1.82, 2.24) is 4.98 Å². The van der Waals surface area contributed by atoms with E-state index in [0.29, 0.717) is 0 Å². The second kappa shape index (κ2) is 5.06. The van der Waals surface area contributed by atoms with E-state index < -0.39 is 6.10 Å². The molecule has 1 aromatic heterocycles. The predicted octanol–water partition coefficient (Wildman–Crippen LogP) is 3.93. The van der Waals surface area contributed by atoms with Crippen molar-refractivity contribution in [3.63, 3.8) is 0 Å². The smallest absolute Gasteiger partial charge is 0.106 e. The van der Waals surface area contributed by atoms with Crippen LogP contribution in [0.4, 0.5) is 0 Å². The van der Waals surface area contributed by atoms with Crippen LogP contribution in [0, 0.1) is 13.8 Å². The van der Waals surface area contributed by atoms with E-state index in [1.165, 1.54) is 0 Å². The van der Waals surface area contributed by atoms with Crippen molar-refractivity contribution < 1.29 is 5.11 Å². The van der Waals surface area contributed by atoms with Crippen LogP contribution in [-0.4, -0.2) is 10.1 Å². The highest BCUT2D eigenvalue weighted by molar-refractivity contribution is 5.86. The van der Waals surface area contributed by atoms with E-state index in [4.69, 9.17) is 0 Å². The third-order valence-corrected chi connectivity index (χ3v) is 3.68. The highest BCUT2D eigenvalue weighted by Gasteiger charge is 2.15. The van der Waals surface area contributed by atoms with Crippen LogP contribution in [0.2, 0.25) is 0 Å². The number of aromatic nitrogens is 1. The Hall–Kier alpha value is -2.19. The maximum absolute atomic E-state index is 10.7. The Labute approximate surface area is 118 Å². The van der Waals surface area contributed by atoms with E-state index in [2.05, 4.69) is 17.1 Å². The zero-order valence-electron chi connectivity index (χ0n) is 11.7. The summed E-state index contributed by atoms with van der Waals surface area (Å²) in [4.78, 5) is 4.44. The van der Waals surface area contributed by atoms with Gasteiger partial charge in [0, 0.05) is 17.0 Å². The number of rotatable bonds is 2. The first-order valence-electron chi connectivity index (χ1n) is 6.76. The minimum atomic E-state index is -0.644. The Bertz CT molecular complexity index is 759. The standard InChI is InChI=1S/C18H17NO/c1-12-10-11-15(13(2)19-12)18(20)17-9-5-7-14-6-3-4-8-16(14)17/h3-11,18,20H,1-2H3. The van der Waals surface area contributed by atoms with Crippen molar-refractivity contribution in [1.29, 1.82) is 0 Å². The van der Waals surface area contributed by atoms with Gasteiger partial charge in [-0.05, 0) is 36.2 Å². The lowest BCUT2D eigenvalue weighted by molar-refractivity contribution is 0.220. The molecule has 0 saturated carbocycles. The number of hydrogen-bond donors (Lipinski definition) is 1. The number of aryl methyl sites for hydroxylation is 2. The molecular formula is C18H17NO. The summed E-state index contributed by atoms with van der Waals surface area (Å²) in [6.45, 7) is 3.90. The van der Waals surface area contributed by atoms with Gasteiger partial charge in [0.1, 0.15) is 6.10 Å². The molecular weight excluding hydrogens is 246 g/mol. The normalized spacial score (nSPS) is 12.6. The number of aliphatic hydroxyl groups excluding tert-OH is 1. The second-order valence-corrected chi connectivity index (χ2v) is 5.10. The number of pyridine rings is 1. The molecule has 0 bridgehead atoms. The van der Waals surface area contributed by atoms with E-state index in [9.17, 15) is 5.11 Å². The molecule has 1 heterocycles. The van der Waals surface area contributed by atoms with Crippen LogP contribution in [-0.2, 0) is 0 Å². The van der Waals surface area contributed by atoms with Crippen LogP contribution in [0.15, 0.2) is 54.6 Å². The average molecular weight is 263 g/mol. The van der Waals surface area contributed by atoms with Crippen molar-refractivity contribution in [2.24, 2.45) is 0 Å². The van der Waals surface area contributed by atoms with Crippen molar-refractivity contribution in [3.8, 4) is 0 Å². The molecule has 0 saturated heterocycles. The summed E-state index contributed by atoms with van der Waals surface area (Å²) in [5, 5.41) is 12.9. The fourth-order valence-corrected chi connectivity index (χ4v) is 2.64. The summed E-state index contributed by atoms with van der Waals surface area (Å²) in [6, 6.07) is 18.0. The molecule has 0 aliphatic carbocycles. The summed E-state index contributed by atoms with van der Waals surface area (Å²) in [7, 11) is 0. The Morgan fingerprint density at radius 1 is 0.850 bits per heavy atom. The minimum Gasteiger partial charge on any atom is -0.384 e. The highest BCUT2D eigenvalue weighted by Crippen LogP contribution is 2.29. The molecule has 3 rings (SSSR count). The number of benzene rings is 2. The molecule has 2 heteroatoms. The van der Waals surface area contributed by atoms with Crippen molar-refractivity contribution in [2.75, 3.05) is 0 Å². The first kappa shape index (κ1) is 12.8. The van der Waals surface area contributed by atoms with Gasteiger partial charge in [-0.25, -0.2) is 0 Å². The van der Waals surface area contributed by atoms with Crippen molar-refractivity contribution in [3.05, 3.63) is 77.1 Å². The lowest BCUT2D eigenvalue weighted by Crippen LogP contribution is -2.04. The molecule has 0 aliphatic rings. The van der Waals surface area contributed by atoms with Gasteiger partial charge in [0.2, 0.25) is 0 Å². The second-order valence-electron chi connectivity index (χ2n) is 5.10. The number of hydrogen-bond acceptors (Lipinski definition) is 2. The van der Waals surface area contributed by atoms with Crippen LogP contribution in [0.25, 0.3) is 10.8 Å². The average Bonchev–Trinajstić information content (AvgIpc) is 2.46. The van der Waals surface area contributed by atoms with Crippen LogP contribution < -0.4 is 0 Å². The zero-order valence-corrected chi connectivity index (χ0v) is 11.7. The number of aliphatic hydroxyl groups is 1. The van der Waals surface area contributed by atoms with Gasteiger partial charge in [-0.1, -0.05) is 48.5 Å². The van der Waals surface area contributed by atoms with Crippen LogP contribution >= 0.6 is 0 Å². The molecule has 2 aromatic carbocycles. The maximum Gasteiger partial charge on any atom is 0.106 e. The predicted molar refractivity (Wildman–Crippen MR) is 81.7 cm³/mol. The van der Waals surface area contributed by atoms with Crippen LogP contribution in [0.5, 0.6) is 0 Å². The van der Waals surface area contributed by atoms with Crippen LogP contribution in [0.1, 0.15) is 28.6 Å². The van der Waals surface area contributed by atoms with Gasteiger partial charge in [-0.15, -0.1) is 0 Å². The first-order valence-corrected chi connectivity index (χ1v) is 6.76. The van der Waals surface area contributed by atoms with Crippen LogP contribution in [0.3, 0.4) is 0 Å². The zero-order chi connectivity index (χ0) is 14.1. The van der Waals surface area contributed by atoms with Gasteiger partial charge in [0.05, 0.1) is 0 Å². The Morgan fingerprint density at radius 3 is 2.40 bits per heavy atom. The maximum atomic E-state index is 10.7. The van der Waals surface area contributed by atoms with E-state index in [-0.39, 0.29) is 0 Å². The fraction of sp³-hybridized carbons (Fsp3) is 0.167. The van der Waals surface area contributed by atoms with E-state index >= 15 is 0 Å². The van der Waals surface area contributed by atoms with Gasteiger partial charge in [-0.3, -0.25) is 4.98 Å². The molecule has 20 heavy (non-hydrogen) atoms. The largest absolute Gasteiger partial charge is 0.384 e. The summed E-state index contributed by atoms with van der Waals surface area (Å²) < 4.78 is 0. The molecule has 3 aromatic rings. The molecule has 1 unspecified atom stereocenters. The van der Waals surface area contributed by atoms with Gasteiger partial charge < -0.3 is 5.11 Å². The van der Waals surface area contributed by atoms with Crippen molar-refractivity contribution in [2.45, 2.75) is 20.0 Å². The monoisotopic (exact) mass is 263 g/mol. The van der Waals surface area contributed by atoms with Gasteiger partial charge >= 0.3 is 0 Å². The Morgan fingerprint density at radius 2 is 1.60 bits per heavy atom. The molecule has 0 spiro atoms. The summed E-state index contributed by atoms with van der Waals surface area (Å²) in [5.74, 6) is 0. The molecule has 2 nitrogen and oxygen atoms in total. The van der Waals surface area contributed by atoms with Gasteiger partial charge in [0.25, 0.3) is 0 Å². The molecule has 0 amide bonds. The molecule has 0 aliphatic heterocycles. The van der Waals surface area contributed by atoms with Crippen molar-refractivity contribution >= 4 is 10.8 Å². The fourth-order valence-electron chi connectivity index (χ4n) is 2.64. The molecule has 0 fully saturated rings. The Balaban J connectivity index is 2.15. The molecule has 1 atom stereocenters. The number of nitrogens with zero attached hydrogens (tertiary/aromatic N) is 1.